The molecule has 0 aliphatic carbocycles. The molecule has 0 spiro atoms. The van der Waals surface area contributed by atoms with Crippen LogP contribution in [0.3, 0.4) is 0 Å². The molecule has 0 saturated carbocycles. The highest BCUT2D eigenvalue weighted by molar-refractivity contribution is 7.14. The van der Waals surface area contributed by atoms with Crippen LogP contribution in [0.5, 0.6) is 5.75 Å². The Hall–Kier alpha value is -2.10. The molecule has 1 fully saturated rings. The van der Waals surface area contributed by atoms with E-state index in [0.29, 0.717) is 11.7 Å². The van der Waals surface area contributed by atoms with E-state index in [2.05, 4.69) is 19.9 Å². The summed E-state index contributed by atoms with van der Waals surface area (Å²) < 4.78 is 35.1. The number of carbonyl (C=O) groups is 1. The van der Waals surface area contributed by atoms with Gasteiger partial charge in [0.15, 0.2) is 5.13 Å². The number of hydrogen-bond acceptors (Lipinski definition) is 6. The van der Waals surface area contributed by atoms with Gasteiger partial charge in [0.25, 0.3) is 5.91 Å². The van der Waals surface area contributed by atoms with E-state index < -0.39 is 12.5 Å². The summed E-state index contributed by atoms with van der Waals surface area (Å²) in [5.74, 6) is -0.709. The Labute approximate surface area is 160 Å². The van der Waals surface area contributed by atoms with Gasteiger partial charge in [0.05, 0.1) is 23.5 Å². The molecule has 27 heavy (non-hydrogen) atoms. The van der Waals surface area contributed by atoms with Crippen LogP contribution in [0.15, 0.2) is 29.6 Å². The van der Waals surface area contributed by atoms with E-state index in [1.165, 1.54) is 29.5 Å². The van der Waals surface area contributed by atoms with Crippen LogP contribution in [-0.4, -0.2) is 47.7 Å². The molecule has 0 radical (unpaired) electrons. The van der Waals surface area contributed by atoms with E-state index in [-0.39, 0.29) is 23.5 Å². The molecular weight excluding hydrogens is 376 g/mol. The lowest BCUT2D eigenvalue weighted by molar-refractivity contribution is -0.0707. The number of nitrogens with zero attached hydrogens (tertiary/aromatic N) is 2. The molecule has 9 heteroatoms. The van der Waals surface area contributed by atoms with Gasteiger partial charge in [-0.25, -0.2) is 4.98 Å². The Morgan fingerprint density at radius 3 is 2.78 bits per heavy atom. The van der Waals surface area contributed by atoms with Gasteiger partial charge in [-0.1, -0.05) is 12.1 Å². The van der Waals surface area contributed by atoms with Crippen molar-refractivity contribution in [2.24, 2.45) is 0 Å². The number of nitrogens with one attached hydrogen (secondary N) is 1. The van der Waals surface area contributed by atoms with Gasteiger partial charge in [-0.3, -0.25) is 15.0 Å². The van der Waals surface area contributed by atoms with Crippen molar-refractivity contribution in [3.63, 3.8) is 0 Å². The molecule has 2 unspecified atom stereocenters. The minimum Gasteiger partial charge on any atom is -0.434 e. The summed E-state index contributed by atoms with van der Waals surface area (Å²) in [5, 5.41) is 4.94. The van der Waals surface area contributed by atoms with E-state index in [1.54, 1.807) is 6.07 Å². The molecule has 3 rings (SSSR count). The average Bonchev–Trinajstić information content (AvgIpc) is 3.00. The minimum atomic E-state index is -3.00. The number of carbonyl (C=O) groups excluding carboxylic acids is 1. The molecule has 2 aromatic rings. The molecule has 1 amide bonds. The third-order valence-corrected chi connectivity index (χ3v) is 4.81. The molecule has 1 N–H and O–H groups in total. The lowest BCUT2D eigenvalue weighted by Gasteiger charge is -2.34. The van der Waals surface area contributed by atoms with Crippen molar-refractivity contribution < 1.29 is 23.0 Å². The maximum atomic E-state index is 12.5. The van der Waals surface area contributed by atoms with Crippen molar-refractivity contribution in [1.29, 1.82) is 0 Å². The SMILES string of the molecule is CC1CN(Cc2csc(NC(=O)c3ccccc3OC(F)F)n2)CC(C)O1. The highest BCUT2D eigenvalue weighted by atomic mass is 32.1. The largest absolute Gasteiger partial charge is 0.434 e. The zero-order valence-corrected chi connectivity index (χ0v) is 15.8. The van der Waals surface area contributed by atoms with Crippen molar-refractivity contribution in [3.05, 3.63) is 40.9 Å². The first kappa shape index (κ1) is 19.7. The number of thiazole rings is 1. The van der Waals surface area contributed by atoms with E-state index in [9.17, 15) is 13.6 Å². The number of hydrogen-bond donors (Lipinski definition) is 1. The first-order chi connectivity index (χ1) is 12.9. The fraction of sp³-hybridized carbons (Fsp3) is 0.444. The second kappa shape index (κ2) is 8.73. The van der Waals surface area contributed by atoms with Gasteiger partial charge in [-0.2, -0.15) is 8.78 Å². The van der Waals surface area contributed by atoms with Crippen LogP contribution in [0.2, 0.25) is 0 Å². The molecular formula is C18H21F2N3O3S. The van der Waals surface area contributed by atoms with Gasteiger partial charge in [0.2, 0.25) is 0 Å². The Bertz CT molecular complexity index is 777. The number of para-hydroxylation sites is 1. The van der Waals surface area contributed by atoms with Crippen LogP contribution in [0.25, 0.3) is 0 Å². The number of ether oxygens (including phenoxy) is 2. The molecule has 0 bridgehead atoms. The number of aromatic nitrogens is 1. The molecule has 1 aliphatic heterocycles. The van der Waals surface area contributed by atoms with Crippen molar-refractivity contribution in [2.45, 2.75) is 39.2 Å². The Morgan fingerprint density at radius 1 is 1.37 bits per heavy atom. The number of halogens is 2. The van der Waals surface area contributed by atoms with E-state index >= 15 is 0 Å². The summed E-state index contributed by atoms with van der Waals surface area (Å²) in [5.41, 5.74) is 0.874. The number of amides is 1. The molecule has 1 aromatic carbocycles. The summed E-state index contributed by atoms with van der Waals surface area (Å²) in [6.45, 7) is 3.38. The maximum Gasteiger partial charge on any atom is 0.387 e. The van der Waals surface area contributed by atoms with Crippen LogP contribution < -0.4 is 10.1 Å². The smallest absolute Gasteiger partial charge is 0.387 e. The van der Waals surface area contributed by atoms with Gasteiger partial charge >= 0.3 is 6.61 Å². The summed E-state index contributed by atoms with van der Waals surface area (Å²) in [7, 11) is 0. The van der Waals surface area contributed by atoms with Gasteiger partial charge in [0.1, 0.15) is 5.75 Å². The van der Waals surface area contributed by atoms with Crippen molar-refractivity contribution in [2.75, 3.05) is 18.4 Å². The summed E-state index contributed by atoms with van der Waals surface area (Å²) >= 11 is 1.29. The van der Waals surface area contributed by atoms with Gasteiger partial charge in [-0.15, -0.1) is 11.3 Å². The topological polar surface area (TPSA) is 63.7 Å². The molecule has 6 nitrogen and oxygen atoms in total. The second-order valence-electron chi connectivity index (χ2n) is 6.42. The summed E-state index contributed by atoms with van der Waals surface area (Å²) in [6, 6.07) is 5.87. The summed E-state index contributed by atoms with van der Waals surface area (Å²) in [6.07, 6.45) is 0.329. The molecule has 146 valence electrons. The van der Waals surface area contributed by atoms with Crippen LogP contribution >= 0.6 is 11.3 Å². The fourth-order valence-corrected chi connectivity index (χ4v) is 3.79. The second-order valence-corrected chi connectivity index (χ2v) is 7.28. The van der Waals surface area contributed by atoms with Crippen molar-refractivity contribution >= 4 is 22.4 Å². The third-order valence-electron chi connectivity index (χ3n) is 4.00. The highest BCUT2D eigenvalue weighted by Crippen LogP contribution is 2.24. The normalized spacial score (nSPS) is 20.6. The zero-order chi connectivity index (χ0) is 19.4. The Balaban J connectivity index is 1.63. The lowest BCUT2D eigenvalue weighted by Crippen LogP contribution is -2.44. The average molecular weight is 397 g/mol. The fourth-order valence-electron chi connectivity index (χ4n) is 3.10. The van der Waals surface area contributed by atoms with Gasteiger partial charge in [-0.05, 0) is 26.0 Å². The number of benzene rings is 1. The van der Waals surface area contributed by atoms with Crippen LogP contribution in [-0.2, 0) is 11.3 Å². The number of morpholine rings is 1. The minimum absolute atomic E-state index is 0.0328. The molecule has 1 aromatic heterocycles. The van der Waals surface area contributed by atoms with Crippen LogP contribution in [0, 0.1) is 0 Å². The lowest BCUT2D eigenvalue weighted by atomic mass is 10.2. The number of alkyl halides is 2. The predicted molar refractivity (Wildman–Crippen MR) is 98.4 cm³/mol. The Morgan fingerprint density at radius 2 is 2.07 bits per heavy atom. The van der Waals surface area contributed by atoms with Gasteiger partial charge < -0.3 is 9.47 Å². The van der Waals surface area contributed by atoms with E-state index in [1.807, 2.05) is 19.2 Å². The highest BCUT2D eigenvalue weighted by Gasteiger charge is 2.23. The quantitative estimate of drug-likeness (QED) is 0.807. The zero-order valence-electron chi connectivity index (χ0n) is 15.0. The first-order valence-electron chi connectivity index (χ1n) is 8.58. The number of rotatable bonds is 6. The van der Waals surface area contributed by atoms with Crippen LogP contribution in [0.4, 0.5) is 13.9 Å². The molecule has 1 aliphatic rings. The van der Waals surface area contributed by atoms with E-state index in [4.69, 9.17) is 4.74 Å². The molecule has 2 heterocycles. The van der Waals surface area contributed by atoms with Crippen molar-refractivity contribution in [3.8, 4) is 5.75 Å². The number of anilines is 1. The third kappa shape index (κ3) is 5.44. The van der Waals surface area contributed by atoms with Crippen LogP contribution in [0.1, 0.15) is 29.9 Å². The van der Waals surface area contributed by atoms with Crippen molar-refractivity contribution in [1.82, 2.24) is 9.88 Å². The van der Waals surface area contributed by atoms with Gasteiger partial charge in [0, 0.05) is 25.0 Å². The standard InChI is InChI=1S/C18H21F2N3O3S/c1-11-7-23(8-12(2)25-11)9-13-10-27-18(21-13)22-16(24)14-5-3-4-6-15(14)26-17(19)20/h3-6,10-12,17H,7-9H2,1-2H3,(H,21,22,24). The first-order valence-corrected chi connectivity index (χ1v) is 9.46. The molecule has 2 atom stereocenters. The predicted octanol–water partition coefficient (Wildman–Crippen LogP) is 3.61. The molecule has 1 saturated heterocycles. The summed E-state index contributed by atoms with van der Waals surface area (Å²) in [4.78, 5) is 19.1. The maximum absolute atomic E-state index is 12.5. The monoisotopic (exact) mass is 397 g/mol. The van der Waals surface area contributed by atoms with E-state index in [0.717, 1.165) is 18.8 Å². The Kier molecular flexibility index (Phi) is 6.35.